The van der Waals surface area contributed by atoms with Crippen LogP contribution in [0.3, 0.4) is 0 Å². The molecule has 3 rings (SSSR count). The van der Waals surface area contributed by atoms with E-state index in [4.69, 9.17) is 19.0 Å². The Balaban J connectivity index is 2.37. The van der Waals surface area contributed by atoms with Gasteiger partial charge in [-0.1, -0.05) is 24.3 Å². The van der Waals surface area contributed by atoms with E-state index in [0.29, 0.717) is 16.2 Å². The molecular formula is C19H16O7. The number of hydrogen-bond acceptors (Lipinski definition) is 7. The summed E-state index contributed by atoms with van der Waals surface area (Å²) < 4.78 is 16.3. The number of esters is 2. The number of benzene rings is 2. The van der Waals surface area contributed by atoms with Crippen molar-refractivity contribution in [2.24, 2.45) is 0 Å². The van der Waals surface area contributed by atoms with Crippen LogP contribution in [0.2, 0.25) is 0 Å². The first kappa shape index (κ1) is 17.6. The highest BCUT2D eigenvalue weighted by atomic mass is 16.5. The van der Waals surface area contributed by atoms with E-state index in [1.54, 1.807) is 24.3 Å². The minimum atomic E-state index is -0.634. The lowest BCUT2D eigenvalue weighted by Crippen LogP contribution is -2.10. The summed E-state index contributed by atoms with van der Waals surface area (Å²) in [4.78, 5) is 35.2. The Bertz CT molecular complexity index is 1030. The van der Waals surface area contributed by atoms with Crippen LogP contribution in [0.5, 0.6) is 11.5 Å². The second kappa shape index (κ2) is 6.97. The van der Waals surface area contributed by atoms with Crippen LogP contribution in [0, 0.1) is 0 Å². The topological polar surface area (TPSA) is 103 Å². The zero-order valence-corrected chi connectivity index (χ0v) is 14.2. The number of Topliss-reactive ketones (excluding diaryl/α,β-unsaturated/α-hetero) is 1. The van der Waals surface area contributed by atoms with Gasteiger partial charge < -0.3 is 19.0 Å². The predicted octanol–water partition coefficient (Wildman–Crippen LogP) is 3.00. The van der Waals surface area contributed by atoms with Gasteiger partial charge >= 0.3 is 11.9 Å². The van der Waals surface area contributed by atoms with Crippen LogP contribution >= 0.6 is 0 Å². The van der Waals surface area contributed by atoms with E-state index < -0.39 is 11.9 Å². The number of ether oxygens (including phenoxy) is 2. The third kappa shape index (κ3) is 3.16. The van der Waals surface area contributed by atoms with Gasteiger partial charge in [0.1, 0.15) is 5.75 Å². The molecule has 0 amide bonds. The molecule has 134 valence electrons. The van der Waals surface area contributed by atoms with Gasteiger partial charge in [0.2, 0.25) is 0 Å². The summed E-state index contributed by atoms with van der Waals surface area (Å²) in [5.74, 6) is -1.14. The van der Waals surface area contributed by atoms with Gasteiger partial charge in [0.05, 0.1) is 18.4 Å². The fraction of sp³-hybridized carbons (Fsp3) is 0.211. The molecule has 0 spiro atoms. The summed E-state index contributed by atoms with van der Waals surface area (Å²) in [6.45, 7) is 2.24. The average Bonchev–Trinajstić information content (AvgIpc) is 3.03. The number of carbonyl (C=O) groups excluding carboxylic acids is 3. The van der Waals surface area contributed by atoms with Crippen molar-refractivity contribution in [1.82, 2.24) is 0 Å². The van der Waals surface area contributed by atoms with Crippen LogP contribution in [0.1, 0.15) is 30.8 Å². The molecule has 1 heterocycles. The van der Waals surface area contributed by atoms with Crippen molar-refractivity contribution in [3.8, 4) is 11.5 Å². The standard InChI is InChI=1S/C19H16O7/c1-10(21)15-9-14-17(26-16(23)7-8-20)12-5-3-4-6-13(12)18(19(14)25-15)24-11(2)22/h3-6,9,20H,7-8H2,1-2H3. The number of carbonyl (C=O) groups is 3. The fourth-order valence-corrected chi connectivity index (χ4v) is 2.66. The highest BCUT2D eigenvalue weighted by molar-refractivity contribution is 6.12. The molecular weight excluding hydrogens is 340 g/mol. The first-order valence-corrected chi connectivity index (χ1v) is 7.91. The van der Waals surface area contributed by atoms with E-state index in [-0.39, 0.29) is 41.7 Å². The Kier molecular flexibility index (Phi) is 4.73. The van der Waals surface area contributed by atoms with Crippen molar-refractivity contribution in [3.05, 3.63) is 36.1 Å². The fourth-order valence-electron chi connectivity index (χ4n) is 2.66. The maximum atomic E-state index is 11.9. The van der Waals surface area contributed by atoms with Crippen molar-refractivity contribution in [3.63, 3.8) is 0 Å². The molecule has 0 unspecified atom stereocenters. The molecule has 0 bridgehead atoms. The summed E-state index contributed by atoms with van der Waals surface area (Å²) in [6.07, 6.45) is -0.182. The van der Waals surface area contributed by atoms with E-state index in [9.17, 15) is 14.4 Å². The lowest BCUT2D eigenvalue weighted by Gasteiger charge is -2.12. The summed E-state index contributed by atoms with van der Waals surface area (Å²) >= 11 is 0. The molecule has 0 radical (unpaired) electrons. The number of aliphatic hydroxyl groups is 1. The van der Waals surface area contributed by atoms with Crippen LogP contribution in [0.25, 0.3) is 21.7 Å². The van der Waals surface area contributed by atoms with E-state index in [1.807, 2.05) is 0 Å². The summed E-state index contributed by atoms with van der Waals surface area (Å²) in [6, 6.07) is 8.30. The molecule has 7 nitrogen and oxygen atoms in total. The lowest BCUT2D eigenvalue weighted by atomic mass is 10.0. The molecule has 0 atom stereocenters. The maximum Gasteiger partial charge on any atom is 0.313 e. The largest absolute Gasteiger partial charge is 0.449 e. The van der Waals surface area contributed by atoms with Crippen molar-refractivity contribution >= 4 is 39.5 Å². The highest BCUT2D eigenvalue weighted by Crippen LogP contribution is 2.44. The second-order valence-corrected chi connectivity index (χ2v) is 5.65. The summed E-state index contributed by atoms with van der Waals surface area (Å²) in [5.41, 5.74) is 0.135. The number of rotatable bonds is 5. The quantitative estimate of drug-likeness (QED) is 0.426. The van der Waals surface area contributed by atoms with Crippen molar-refractivity contribution in [1.29, 1.82) is 0 Å². The van der Waals surface area contributed by atoms with E-state index >= 15 is 0 Å². The Morgan fingerprint density at radius 2 is 1.65 bits per heavy atom. The Hall–Kier alpha value is -3.19. The molecule has 0 saturated carbocycles. The van der Waals surface area contributed by atoms with Crippen LogP contribution in [-0.4, -0.2) is 29.4 Å². The number of fused-ring (bicyclic) bond motifs is 2. The highest BCUT2D eigenvalue weighted by Gasteiger charge is 2.23. The van der Waals surface area contributed by atoms with Crippen LogP contribution in [-0.2, 0) is 9.59 Å². The Labute approximate surface area is 148 Å². The maximum absolute atomic E-state index is 11.9. The molecule has 7 heteroatoms. The number of furan rings is 1. The van der Waals surface area contributed by atoms with Crippen LogP contribution in [0.4, 0.5) is 0 Å². The average molecular weight is 356 g/mol. The molecule has 1 aromatic heterocycles. The Morgan fingerprint density at radius 1 is 1.00 bits per heavy atom. The van der Waals surface area contributed by atoms with Gasteiger partial charge in [0.15, 0.2) is 22.9 Å². The normalized spacial score (nSPS) is 10.9. The molecule has 26 heavy (non-hydrogen) atoms. The van der Waals surface area contributed by atoms with Gasteiger partial charge in [-0.15, -0.1) is 0 Å². The minimum absolute atomic E-state index is 0.0446. The van der Waals surface area contributed by atoms with E-state index in [1.165, 1.54) is 19.9 Å². The van der Waals surface area contributed by atoms with Crippen molar-refractivity contribution < 1.29 is 33.4 Å². The number of hydrogen-bond donors (Lipinski definition) is 1. The van der Waals surface area contributed by atoms with Gasteiger partial charge in [0.25, 0.3) is 0 Å². The molecule has 1 N–H and O–H groups in total. The van der Waals surface area contributed by atoms with Gasteiger partial charge in [0, 0.05) is 24.6 Å². The first-order valence-electron chi connectivity index (χ1n) is 7.91. The van der Waals surface area contributed by atoms with Crippen molar-refractivity contribution in [2.75, 3.05) is 6.61 Å². The molecule has 0 fully saturated rings. The first-order chi connectivity index (χ1) is 12.4. The predicted molar refractivity (Wildman–Crippen MR) is 92.4 cm³/mol. The van der Waals surface area contributed by atoms with Crippen LogP contribution in [0.15, 0.2) is 34.7 Å². The molecule has 0 aliphatic carbocycles. The summed E-state index contributed by atoms with van der Waals surface area (Å²) in [7, 11) is 0. The molecule has 3 aromatic rings. The summed E-state index contributed by atoms with van der Waals surface area (Å²) in [5, 5.41) is 10.3. The smallest absolute Gasteiger partial charge is 0.313 e. The SMILES string of the molecule is CC(=O)Oc1c2ccccc2c(OC(=O)CCO)c2cc(C(C)=O)oc12. The third-order valence-electron chi connectivity index (χ3n) is 3.72. The van der Waals surface area contributed by atoms with Gasteiger partial charge in [-0.05, 0) is 6.07 Å². The minimum Gasteiger partial charge on any atom is -0.449 e. The van der Waals surface area contributed by atoms with Gasteiger partial charge in [-0.2, -0.15) is 0 Å². The Morgan fingerprint density at radius 3 is 2.23 bits per heavy atom. The third-order valence-corrected chi connectivity index (χ3v) is 3.72. The number of ketones is 1. The molecule has 0 aliphatic rings. The molecule has 2 aromatic carbocycles. The number of aliphatic hydroxyl groups excluding tert-OH is 1. The lowest BCUT2D eigenvalue weighted by molar-refractivity contribution is -0.135. The zero-order chi connectivity index (χ0) is 18.8. The monoisotopic (exact) mass is 356 g/mol. The molecule has 0 saturated heterocycles. The zero-order valence-electron chi connectivity index (χ0n) is 14.2. The van der Waals surface area contributed by atoms with Gasteiger partial charge in [-0.3, -0.25) is 14.4 Å². The van der Waals surface area contributed by atoms with Gasteiger partial charge in [-0.25, -0.2) is 0 Å². The van der Waals surface area contributed by atoms with Crippen LogP contribution < -0.4 is 9.47 Å². The van der Waals surface area contributed by atoms with E-state index in [0.717, 1.165) is 0 Å². The van der Waals surface area contributed by atoms with E-state index in [2.05, 4.69) is 0 Å². The second-order valence-electron chi connectivity index (χ2n) is 5.65. The van der Waals surface area contributed by atoms with Crippen molar-refractivity contribution in [2.45, 2.75) is 20.3 Å². The molecule has 0 aliphatic heterocycles.